The summed E-state index contributed by atoms with van der Waals surface area (Å²) >= 11 is 0. The van der Waals surface area contributed by atoms with Gasteiger partial charge < -0.3 is 4.42 Å². The van der Waals surface area contributed by atoms with Gasteiger partial charge in [0.15, 0.2) is 0 Å². The molecule has 0 spiro atoms. The van der Waals surface area contributed by atoms with Crippen molar-refractivity contribution in [2.24, 2.45) is 0 Å². The summed E-state index contributed by atoms with van der Waals surface area (Å²) in [6.07, 6.45) is 0. The van der Waals surface area contributed by atoms with Crippen LogP contribution in [0, 0.1) is 13.8 Å². The molecule has 9 rings (SSSR count). The van der Waals surface area contributed by atoms with E-state index in [1.165, 1.54) is 65.2 Å². The lowest BCUT2D eigenvalue weighted by atomic mass is 9.34. The smallest absolute Gasteiger partial charge is 0.243 e. The zero-order chi connectivity index (χ0) is 30.8. The van der Waals surface area contributed by atoms with E-state index in [1.807, 2.05) is 0 Å². The van der Waals surface area contributed by atoms with Gasteiger partial charge in [0.2, 0.25) is 6.71 Å². The third kappa shape index (κ3) is 4.11. The predicted molar refractivity (Wildman–Crippen MR) is 199 cm³/mol. The molecule has 1 nitrogen and oxygen atoms in total. The van der Waals surface area contributed by atoms with Gasteiger partial charge in [-0.2, -0.15) is 0 Å². The molecule has 1 aromatic heterocycles. The molecule has 46 heavy (non-hydrogen) atoms. The van der Waals surface area contributed by atoms with Gasteiger partial charge in [-0.05, 0) is 57.8 Å². The highest BCUT2D eigenvalue weighted by Gasteiger charge is 2.29. The van der Waals surface area contributed by atoms with Gasteiger partial charge >= 0.3 is 0 Å². The van der Waals surface area contributed by atoms with Crippen molar-refractivity contribution in [3.8, 4) is 11.1 Å². The summed E-state index contributed by atoms with van der Waals surface area (Å²) in [7, 11) is 0. The first-order chi connectivity index (χ1) is 22.7. The normalized spacial score (nSPS) is 11.7. The summed E-state index contributed by atoms with van der Waals surface area (Å²) in [5, 5.41) is 9.92. The largest absolute Gasteiger partial charge is 0.455 e. The van der Waals surface area contributed by atoms with Gasteiger partial charge in [-0.1, -0.05) is 173 Å². The lowest BCUT2D eigenvalue weighted by Gasteiger charge is -2.24. The van der Waals surface area contributed by atoms with E-state index in [9.17, 15) is 0 Å². The van der Waals surface area contributed by atoms with E-state index in [0.717, 1.165) is 27.7 Å². The molecule has 0 aliphatic rings. The van der Waals surface area contributed by atoms with Crippen molar-refractivity contribution in [3.63, 3.8) is 0 Å². The molecule has 0 unspecified atom stereocenters. The van der Waals surface area contributed by atoms with Crippen molar-refractivity contribution in [3.05, 3.63) is 163 Å². The first-order valence-electron chi connectivity index (χ1n) is 16.1. The van der Waals surface area contributed by atoms with E-state index < -0.39 is 0 Å². The van der Waals surface area contributed by atoms with Gasteiger partial charge in [0, 0.05) is 16.3 Å². The second kappa shape index (κ2) is 10.5. The molecule has 0 atom stereocenters. The van der Waals surface area contributed by atoms with Crippen LogP contribution in [0.2, 0.25) is 0 Å². The second-order valence-electron chi connectivity index (χ2n) is 12.5. The van der Waals surface area contributed by atoms with Gasteiger partial charge in [-0.3, -0.25) is 0 Å². The average Bonchev–Trinajstić information content (AvgIpc) is 3.50. The van der Waals surface area contributed by atoms with Crippen LogP contribution in [0.5, 0.6) is 0 Å². The molecule has 0 saturated heterocycles. The van der Waals surface area contributed by atoms with Crippen LogP contribution in [-0.2, 0) is 0 Å². The van der Waals surface area contributed by atoms with Crippen molar-refractivity contribution in [1.82, 2.24) is 0 Å². The van der Waals surface area contributed by atoms with E-state index in [2.05, 4.69) is 166 Å². The summed E-state index contributed by atoms with van der Waals surface area (Å²) in [4.78, 5) is 0. The Balaban J connectivity index is 1.33. The molecular formula is C44H31BO. The SMILES string of the molecule is Cc1ccc2ccccc2c1B(c1cccc(-c2cccc3c2oc2ccc4ccccc4c23)c1)c1c(C)ccc2ccccc12. The third-order valence-corrected chi connectivity index (χ3v) is 9.87. The quantitative estimate of drug-likeness (QED) is 0.187. The van der Waals surface area contributed by atoms with Crippen molar-refractivity contribution in [1.29, 1.82) is 0 Å². The highest BCUT2D eigenvalue weighted by Crippen LogP contribution is 2.39. The van der Waals surface area contributed by atoms with Crippen LogP contribution in [0.15, 0.2) is 156 Å². The van der Waals surface area contributed by atoms with Crippen molar-refractivity contribution in [2.45, 2.75) is 13.8 Å². The fourth-order valence-corrected chi connectivity index (χ4v) is 7.73. The van der Waals surface area contributed by atoms with E-state index in [-0.39, 0.29) is 6.71 Å². The van der Waals surface area contributed by atoms with Crippen LogP contribution < -0.4 is 16.4 Å². The molecule has 1 heterocycles. The lowest BCUT2D eigenvalue weighted by Crippen LogP contribution is -2.54. The maximum Gasteiger partial charge on any atom is 0.243 e. The predicted octanol–water partition coefficient (Wildman–Crippen LogP) is 9.85. The van der Waals surface area contributed by atoms with E-state index >= 15 is 0 Å². The molecule has 0 saturated carbocycles. The molecule has 0 radical (unpaired) electrons. The topological polar surface area (TPSA) is 13.1 Å². The Morgan fingerprint density at radius 1 is 0.457 bits per heavy atom. The molecule has 9 aromatic rings. The van der Waals surface area contributed by atoms with Gasteiger partial charge in [0.05, 0.1) is 0 Å². The number of rotatable bonds is 4. The lowest BCUT2D eigenvalue weighted by molar-refractivity contribution is 0.670. The Morgan fingerprint density at radius 3 is 1.67 bits per heavy atom. The van der Waals surface area contributed by atoms with Crippen LogP contribution >= 0.6 is 0 Å². The van der Waals surface area contributed by atoms with E-state index in [4.69, 9.17) is 4.42 Å². The number of aryl methyl sites for hydroxylation is 2. The zero-order valence-electron chi connectivity index (χ0n) is 25.9. The molecule has 216 valence electrons. The van der Waals surface area contributed by atoms with Crippen molar-refractivity contribution >= 4 is 77.4 Å². The fraction of sp³-hybridized carbons (Fsp3) is 0.0455. The Labute approximate surface area is 268 Å². The number of hydrogen-bond acceptors (Lipinski definition) is 1. The molecule has 0 fully saturated rings. The Hall–Kier alpha value is -5.60. The maximum absolute atomic E-state index is 6.67. The summed E-state index contributed by atoms with van der Waals surface area (Å²) in [5.74, 6) is 0. The maximum atomic E-state index is 6.67. The van der Waals surface area contributed by atoms with Gasteiger partial charge in [0.1, 0.15) is 11.2 Å². The molecule has 0 amide bonds. The van der Waals surface area contributed by atoms with Gasteiger partial charge in [0.25, 0.3) is 0 Å². The zero-order valence-corrected chi connectivity index (χ0v) is 25.9. The number of benzene rings is 8. The molecule has 0 aliphatic carbocycles. The van der Waals surface area contributed by atoms with Gasteiger partial charge in [-0.15, -0.1) is 0 Å². The first kappa shape index (κ1) is 26.8. The number of para-hydroxylation sites is 1. The van der Waals surface area contributed by atoms with Crippen molar-refractivity contribution < 1.29 is 4.42 Å². The second-order valence-corrected chi connectivity index (χ2v) is 12.5. The summed E-state index contributed by atoms with van der Waals surface area (Å²) < 4.78 is 6.67. The molecule has 2 heteroatoms. The number of furan rings is 1. The van der Waals surface area contributed by atoms with Crippen molar-refractivity contribution in [2.75, 3.05) is 0 Å². The van der Waals surface area contributed by atoms with Crippen LogP contribution in [0.3, 0.4) is 0 Å². The van der Waals surface area contributed by atoms with Crippen LogP contribution in [0.25, 0.3) is 65.4 Å². The average molecular weight is 587 g/mol. The highest BCUT2D eigenvalue weighted by molar-refractivity contribution is 6.98. The Bertz CT molecular complexity index is 2540. The van der Waals surface area contributed by atoms with Gasteiger partial charge in [-0.25, -0.2) is 0 Å². The van der Waals surface area contributed by atoms with E-state index in [1.54, 1.807) is 0 Å². The molecular weight excluding hydrogens is 555 g/mol. The highest BCUT2D eigenvalue weighted by atomic mass is 16.3. The first-order valence-corrected chi connectivity index (χ1v) is 16.1. The number of fused-ring (bicyclic) bond motifs is 7. The standard InChI is InChI=1S/C44H31BO/c1-28-21-23-31-12-4-7-17-36(31)42(28)45(43-29(2)22-24-32-13-5-8-18-37(32)43)34-15-9-14-33(27-34)38-19-10-20-39-41-35-16-6-3-11-30(35)25-26-40(41)46-44(38)39/h3-27H,1-2H3. The third-order valence-electron chi connectivity index (χ3n) is 9.87. The van der Waals surface area contributed by atoms with Crippen LogP contribution in [0.1, 0.15) is 11.1 Å². The monoisotopic (exact) mass is 586 g/mol. The molecule has 0 aliphatic heterocycles. The van der Waals surface area contributed by atoms with Crippen LogP contribution in [-0.4, -0.2) is 6.71 Å². The summed E-state index contributed by atoms with van der Waals surface area (Å²) in [6.45, 7) is 4.56. The van der Waals surface area contributed by atoms with Crippen LogP contribution in [0.4, 0.5) is 0 Å². The van der Waals surface area contributed by atoms with E-state index in [0.29, 0.717) is 0 Å². The summed E-state index contributed by atoms with van der Waals surface area (Å²) in [6, 6.07) is 55.3. The molecule has 8 aromatic carbocycles. The fourth-order valence-electron chi connectivity index (χ4n) is 7.73. The minimum absolute atomic E-state index is 0.0379. The Kier molecular flexibility index (Phi) is 6.11. The Morgan fingerprint density at radius 2 is 1.00 bits per heavy atom. The molecule has 0 N–H and O–H groups in total. The minimum Gasteiger partial charge on any atom is -0.455 e. The molecule has 0 bridgehead atoms. The minimum atomic E-state index is 0.0379. The number of hydrogen-bond donors (Lipinski definition) is 0. The summed E-state index contributed by atoms with van der Waals surface area (Å²) in [5.41, 5.74) is 10.7.